The van der Waals surface area contributed by atoms with Crippen molar-refractivity contribution in [1.82, 2.24) is 5.32 Å². The Morgan fingerprint density at radius 2 is 2.05 bits per heavy atom. The SMILES string of the molecule is CC(NC(=O)C1CCC(N)CC1)c1cccc(Cl)c1. The van der Waals surface area contributed by atoms with Crippen LogP contribution in [-0.2, 0) is 4.79 Å². The van der Waals surface area contributed by atoms with Gasteiger partial charge in [-0.15, -0.1) is 0 Å². The number of amides is 1. The second kappa shape index (κ2) is 6.40. The van der Waals surface area contributed by atoms with E-state index in [1.807, 2.05) is 31.2 Å². The fraction of sp³-hybridized carbons (Fsp3) is 0.533. The zero-order valence-electron chi connectivity index (χ0n) is 11.2. The number of hydrogen-bond acceptors (Lipinski definition) is 2. The second-order valence-corrected chi connectivity index (χ2v) is 5.83. The Labute approximate surface area is 119 Å². The molecule has 2 rings (SSSR count). The standard InChI is InChI=1S/C15H21ClN2O/c1-10(12-3-2-4-13(16)9-12)18-15(19)11-5-7-14(17)8-6-11/h2-4,9-11,14H,5-8,17H2,1H3,(H,18,19). The summed E-state index contributed by atoms with van der Waals surface area (Å²) in [5.74, 6) is 0.251. The van der Waals surface area contributed by atoms with E-state index in [1.54, 1.807) is 0 Å². The molecule has 1 atom stereocenters. The van der Waals surface area contributed by atoms with Crippen molar-refractivity contribution in [2.24, 2.45) is 11.7 Å². The van der Waals surface area contributed by atoms with Gasteiger partial charge in [-0.1, -0.05) is 23.7 Å². The molecule has 1 aromatic carbocycles. The first-order valence-corrected chi connectivity index (χ1v) is 7.25. The van der Waals surface area contributed by atoms with Gasteiger partial charge in [0.25, 0.3) is 0 Å². The second-order valence-electron chi connectivity index (χ2n) is 5.40. The molecular weight excluding hydrogens is 260 g/mol. The van der Waals surface area contributed by atoms with Gasteiger partial charge in [0.15, 0.2) is 0 Å². The van der Waals surface area contributed by atoms with Gasteiger partial charge in [0, 0.05) is 17.0 Å². The summed E-state index contributed by atoms with van der Waals surface area (Å²) in [6.07, 6.45) is 3.69. The Morgan fingerprint density at radius 3 is 2.68 bits per heavy atom. The molecule has 0 spiro atoms. The van der Waals surface area contributed by atoms with Gasteiger partial charge in [0.05, 0.1) is 6.04 Å². The summed E-state index contributed by atoms with van der Waals surface area (Å²) in [4.78, 5) is 12.2. The van der Waals surface area contributed by atoms with Crippen molar-refractivity contribution in [3.05, 3.63) is 34.9 Å². The van der Waals surface area contributed by atoms with Crippen molar-refractivity contribution in [3.63, 3.8) is 0 Å². The Hall–Kier alpha value is -1.06. The van der Waals surface area contributed by atoms with Crippen LogP contribution in [0.25, 0.3) is 0 Å². The van der Waals surface area contributed by atoms with Crippen LogP contribution in [0.5, 0.6) is 0 Å². The van der Waals surface area contributed by atoms with Crippen LogP contribution >= 0.6 is 11.6 Å². The van der Waals surface area contributed by atoms with Crippen molar-refractivity contribution < 1.29 is 4.79 Å². The topological polar surface area (TPSA) is 55.1 Å². The van der Waals surface area contributed by atoms with E-state index in [2.05, 4.69) is 5.32 Å². The summed E-state index contributed by atoms with van der Waals surface area (Å²) in [5, 5.41) is 3.77. The molecule has 0 heterocycles. The lowest BCUT2D eigenvalue weighted by atomic mass is 9.85. The van der Waals surface area contributed by atoms with Crippen molar-refractivity contribution in [1.29, 1.82) is 0 Å². The van der Waals surface area contributed by atoms with Gasteiger partial charge in [0.1, 0.15) is 0 Å². The quantitative estimate of drug-likeness (QED) is 0.894. The van der Waals surface area contributed by atoms with E-state index in [0.29, 0.717) is 5.02 Å². The molecule has 0 radical (unpaired) electrons. The smallest absolute Gasteiger partial charge is 0.223 e. The van der Waals surface area contributed by atoms with E-state index < -0.39 is 0 Å². The van der Waals surface area contributed by atoms with Crippen LogP contribution in [0, 0.1) is 5.92 Å². The van der Waals surface area contributed by atoms with E-state index >= 15 is 0 Å². The highest BCUT2D eigenvalue weighted by molar-refractivity contribution is 6.30. The van der Waals surface area contributed by atoms with Crippen molar-refractivity contribution in [2.75, 3.05) is 0 Å². The molecule has 1 fully saturated rings. The van der Waals surface area contributed by atoms with Crippen molar-refractivity contribution in [2.45, 2.75) is 44.7 Å². The number of nitrogens with two attached hydrogens (primary N) is 1. The molecule has 4 heteroatoms. The van der Waals surface area contributed by atoms with Crippen molar-refractivity contribution in [3.8, 4) is 0 Å². The third-order valence-corrected chi connectivity index (χ3v) is 4.09. The summed E-state index contributed by atoms with van der Waals surface area (Å²) in [6, 6.07) is 7.87. The molecule has 19 heavy (non-hydrogen) atoms. The number of carbonyl (C=O) groups excluding carboxylic acids is 1. The number of carbonyl (C=O) groups is 1. The maximum Gasteiger partial charge on any atom is 0.223 e. The third-order valence-electron chi connectivity index (χ3n) is 3.85. The van der Waals surface area contributed by atoms with Gasteiger partial charge in [-0.25, -0.2) is 0 Å². The largest absolute Gasteiger partial charge is 0.349 e. The van der Waals surface area contributed by atoms with Crippen LogP contribution in [0.2, 0.25) is 5.02 Å². The number of rotatable bonds is 3. The highest BCUT2D eigenvalue weighted by Gasteiger charge is 2.25. The Bertz CT molecular complexity index is 442. The maximum absolute atomic E-state index is 12.2. The molecule has 1 unspecified atom stereocenters. The Kier molecular flexibility index (Phi) is 4.83. The molecule has 3 nitrogen and oxygen atoms in total. The molecule has 104 valence electrons. The minimum absolute atomic E-state index is 0.0122. The number of halogens is 1. The first kappa shape index (κ1) is 14.4. The summed E-state index contributed by atoms with van der Waals surface area (Å²) >= 11 is 5.96. The van der Waals surface area contributed by atoms with Crippen LogP contribution in [0.1, 0.15) is 44.2 Å². The third kappa shape index (κ3) is 3.95. The first-order valence-electron chi connectivity index (χ1n) is 6.87. The van der Waals surface area contributed by atoms with Crippen LogP contribution < -0.4 is 11.1 Å². The van der Waals surface area contributed by atoms with Crippen LogP contribution in [-0.4, -0.2) is 11.9 Å². The zero-order chi connectivity index (χ0) is 13.8. The molecule has 1 aliphatic rings. The van der Waals surface area contributed by atoms with E-state index in [9.17, 15) is 4.79 Å². The van der Waals surface area contributed by atoms with Gasteiger partial charge in [-0.05, 0) is 50.3 Å². The van der Waals surface area contributed by atoms with E-state index in [1.165, 1.54) is 0 Å². The molecule has 3 N–H and O–H groups in total. The highest BCUT2D eigenvalue weighted by atomic mass is 35.5. The average Bonchev–Trinajstić information content (AvgIpc) is 2.39. The summed E-state index contributed by atoms with van der Waals surface area (Å²) in [5.41, 5.74) is 6.90. The lowest BCUT2D eigenvalue weighted by Gasteiger charge is -2.26. The molecular formula is C15H21ClN2O. The average molecular weight is 281 g/mol. The summed E-state index contributed by atoms with van der Waals surface area (Å²) in [7, 11) is 0. The lowest BCUT2D eigenvalue weighted by Crippen LogP contribution is -2.37. The fourth-order valence-corrected chi connectivity index (χ4v) is 2.77. The van der Waals surface area contributed by atoms with Gasteiger partial charge >= 0.3 is 0 Å². The molecule has 1 aliphatic carbocycles. The Morgan fingerprint density at radius 1 is 1.37 bits per heavy atom. The van der Waals surface area contributed by atoms with Gasteiger partial charge in [0.2, 0.25) is 5.91 Å². The predicted octanol–water partition coefficient (Wildman–Crippen LogP) is 3.03. The molecule has 0 saturated heterocycles. The first-order chi connectivity index (χ1) is 9.06. The normalized spacial score (nSPS) is 24.8. The van der Waals surface area contributed by atoms with Gasteiger partial charge in [-0.3, -0.25) is 4.79 Å². The zero-order valence-corrected chi connectivity index (χ0v) is 12.0. The monoisotopic (exact) mass is 280 g/mol. The predicted molar refractivity (Wildman–Crippen MR) is 77.9 cm³/mol. The minimum atomic E-state index is -0.0122. The van der Waals surface area contributed by atoms with Crippen LogP contribution in [0.15, 0.2) is 24.3 Å². The van der Waals surface area contributed by atoms with Gasteiger partial charge < -0.3 is 11.1 Å². The molecule has 0 aliphatic heterocycles. The molecule has 1 aromatic rings. The number of hydrogen-bond donors (Lipinski definition) is 2. The number of nitrogens with one attached hydrogen (secondary N) is 1. The molecule has 0 aromatic heterocycles. The fourth-order valence-electron chi connectivity index (χ4n) is 2.57. The van der Waals surface area contributed by atoms with Crippen LogP contribution in [0.4, 0.5) is 0 Å². The molecule has 1 saturated carbocycles. The van der Waals surface area contributed by atoms with E-state index in [0.717, 1.165) is 31.2 Å². The Balaban J connectivity index is 1.91. The maximum atomic E-state index is 12.2. The molecule has 0 bridgehead atoms. The van der Waals surface area contributed by atoms with Gasteiger partial charge in [-0.2, -0.15) is 0 Å². The lowest BCUT2D eigenvalue weighted by molar-refractivity contribution is -0.126. The number of benzene rings is 1. The summed E-state index contributed by atoms with van der Waals surface area (Å²) < 4.78 is 0. The summed E-state index contributed by atoms with van der Waals surface area (Å²) in [6.45, 7) is 1.98. The van der Waals surface area contributed by atoms with E-state index in [-0.39, 0.29) is 23.9 Å². The highest BCUT2D eigenvalue weighted by Crippen LogP contribution is 2.24. The van der Waals surface area contributed by atoms with Crippen LogP contribution in [0.3, 0.4) is 0 Å². The van der Waals surface area contributed by atoms with E-state index in [4.69, 9.17) is 17.3 Å². The molecule has 1 amide bonds. The minimum Gasteiger partial charge on any atom is -0.349 e. The van der Waals surface area contributed by atoms with Crippen molar-refractivity contribution >= 4 is 17.5 Å².